The van der Waals surface area contributed by atoms with Crippen LogP contribution in [0.3, 0.4) is 0 Å². The Morgan fingerprint density at radius 3 is 2.50 bits per heavy atom. The summed E-state index contributed by atoms with van der Waals surface area (Å²) in [7, 11) is -3.70. The van der Waals surface area contributed by atoms with E-state index in [0.29, 0.717) is 37.5 Å². The molecule has 4 rings (SSSR count). The number of hydrogen-bond acceptors (Lipinski definition) is 5. The number of carbonyl (C=O) groups excluding carboxylic acids is 2. The standard InChI is InChI=1S/C31H39ClN2O5S/c1-21-17-24(18-22(2)30(21)32)39-15-8-12-26-25-11-6-7-13-27(25)34-31(26)28(35)20-40(37,38)16-14-33-29(36)19-23-9-4-3-5-10-23/h6-7,11,13,17-18,23,34H,3-5,8-10,12,14-16,19-20H2,1-2H3,(H,33,36). The molecule has 0 bridgehead atoms. The average molecular weight is 587 g/mol. The number of rotatable bonds is 13. The third kappa shape index (κ3) is 8.10. The van der Waals surface area contributed by atoms with E-state index in [0.717, 1.165) is 64.0 Å². The topological polar surface area (TPSA) is 105 Å². The van der Waals surface area contributed by atoms with Crippen molar-refractivity contribution in [2.75, 3.05) is 24.7 Å². The Kier molecular flexibility index (Phi) is 10.3. The lowest BCUT2D eigenvalue weighted by Crippen LogP contribution is -2.32. The highest BCUT2D eigenvalue weighted by Crippen LogP contribution is 2.28. The SMILES string of the molecule is Cc1cc(OCCCc2c(C(=O)CS(=O)(=O)CCNC(=O)CC3CCCCC3)[nH]c3ccccc23)cc(C)c1Cl. The summed E-state index contributed by atoms with van der Waals surface area (Å²) in [6, 6.07) is 11.4. The zero-order chi connectivity index (χ0) is 28.7. The first-order valence-corrected chi connectivity index (χ1v) is 16.3. The van der Waals surface area contributed by atoms with Gasteiger partial charge in [-0.05, 0) is 80.3 Å². The van der Waals surface area contributed by atoms with Crippen molar-refractivity contribution in [1.82, 2.24) is 10.3 Å². The molecule has 0 saturated heterocycles. The summed E-state index contributed by atoms with van der Waals surface area (Å²) in [5.41, 5.74) is 3.81. The number of H-pyrrole nitrogens is 1. The second-order valence-electron chi connectivity index (χ2n) is 10.9. The second-order valence-corrected chi connectivity index (χ2v) is 13.5. The number of aryl methyl sites for hydroxylation is 3. The van der Waals surface area contributed by atoms with Crippen molar-refractivity contribution < 1.29 is 22.7 Å². The molecular formula is C31H39ClN2O5S. The Hall–Kier alpha value is -2.84. The summed E-state index contributed by atoms with van der Waals surface area (Å²) in [4.78, 5) is 28.6. The van der Waals surface area contributed by atoms with Crippen LogP contribution in [-0.2, 0) is 21.1 Å². The number of Topliss-reactive ketones (excluding diaryl/α,β-unsaturated/α-hetero) is 1. The van der Waals surface area contributed by atoms with Crippen molar-refractivity contribution in [1.29, 1.82) is 0 Å². The molecule has 40 heavy (non-hydrogen) atoms. The van der Waals surface area contributed by atoms with Gasteiger partial charge in [-0.1, -0.05) is 49.1 Å². The molecule has 1 saturated carbocycles. The lowest BCUT2D eigenvalue weighted by atomic mass is 9.87. The Morgan fingerprint density at radius 1 is 1.07 bits per heavy atom. The van der Waals surface area contributed by atoms with Crippen molar-refractivity contribution in [3.8, 4) is 5.75 Å². The van der Waals surface area contributed by atoms with E-state index >= 15 is 0 Å². The number of halogens is 1. The maximum atomic E-state index is 13.2. The highest BCUT2D eigenvalue weighted by molar-refractivity contribution is 7.92. The van der Waals surface area contributed by atoms with Crippen molar-refractivity contribution >= 4 is 44.0 Å². The quantitative estimate of drug-likeness (QED) is 0.185. The molecule has 0 radical (unpaired) electrons. The Bertz CT molecular complexity index is 1430. The summed E-state index contributed by atoms with van der Waals surface area (Å²) in [5, 5.41) is 4.36. The van der Waals surface area contributed by atoms with Crippen LogP contribution in [0.4, 0.5) is 0 Å². The molecule has 9 heteroatoms. The molecule has 0 atom stereocenters. The molecule has 3 aromatic rings. The number of hydrogen-bond donors (Lipinski definition) is 2. The highest BCUT2D eigenvalue weighted by Gasteiger charge is 2.24. The molecule has 216 valence electrons. The summed E-state index contributed by atoms with van der Waals surface area (Å²) in [6.45, 7) is 4.32. The lowest BCUT2D eigenvalue weighted by molar-refractivity contribution is -0.122. The minimum Gasteiger partial charge on any atom is -0.494 e. The second kappa shape index (κ2) is 13.7. The van der Waals surface area contributed by atoms with E-state index in [9.17, 15) is 18.0 Å². The average Bonchev–Trinajstić information content (AvgIpc) is 3.28. The number of aromatic amines is 1. The third-order valence-electron chi connectivity index (χ3n) is 7.63. The first kappa shape index (κ1) is 30.1. The van der Waals surface area contributed by atoms with Crippen LogP contribution in [-0.4, -0.2) is 49.7 Å². The summed E-state index contributed by atoms with van der Waals surface area (Å²) >= 11 is 6.25. The lowest BCUT2D eigenvalue weighted by Gasteiger charge is -2.20. The van der Waals surface area contributed by atoms with Gasteiger partial charge in [0.1, 0.15) is 11.5 Å². The fourth-order valence-electron chi connectivity index (χ4n) is 5.54. The van der Waals surface area contributed by atoms with E-state index in [1.165, 1.54) is 6.42 Å². The number of aromatic nitrogens is 1. The minimum atomic E-state index is -3.70. The minimum absolute atomic E-state index is 0.0156. The number of ketones is 1. The van der Waals surface area contributed by atoms with Crippen LogP contribution in [0.15, 0.2) is 36.4 Å². The van der Waals surface area contributed by atoms with Crippen LogP contribution >= 0.6 is 11.6 Å². The number of fused-ring (bicyclic) bond motifs is 1. The van der Waals surface area contributed by atoms with Gasteiger partial charge in [-0.15, -0.1) is 0 Å². The van der Waals surface area contributed by atoms with Crippen molar-refractivity contribution in [2.45, 2.75) is 65.2 Å². The number of para-hydroxylation sites is 1. The van der Waals surface area contributed by atoms with E-state index in [-0.39, 0.29) is 18.2 Å². The van der Waals surface area contributed by atoms with Crippen LogP contribution < -0.4 is 10.1 Å². The normalized spacial score (nSPS) is 14.4. The van der Waals surface area contributed by atoms with E-state index in [2.05, 4.69) is 10.3 Å². The summed E-state index contributed by atoms with van der Waals surface area (Å²) in [5.74, 6) is -0.324. The van der Waals surface area contributed by atoms with Gasteiger partial charge in [-0.2, -0.15) is 0 Å². The van der Waals surface area contributed by atoms with Crippen LogP contribution in [0.25, 0.3) is 10.9 Å². The first-order valence-electron chi connectivity index (χ1n) is 14.1. The fraction of sp³-hybridized carbons (Fsp3) is 0.484. The molecule has 0 unspecified atom stereocenters. The van der Waals surface area contributed by atoms with Gasteiger partial charge in [-0.25, -0.2) is 8.42 Å². The molecule has 1 heterocycles. The Balaban J connectivity index is 1.34. The Morgan fingerprint density at radius 2 is 1.77 bits per heavy atom. The maximum absolute atomic E-state index is 13.2. The van der Waals surface area contributed by atoms with Crippen molar-refractivity contribution in [3.63, 3.8) is 0 Å². The number of carbonyl (C=O) groups is 2. The van der Waals surface area contributed by atoms with Gasteiger partial charge < -0.3 is 15.0 Å². The predicted molar refractivity (Wildman–Crippen MR) is 160 cm³/mol. The molecule has 2 aromatic carbocycles. The third-order valence-corrected chi connectivity index (χ3v) is 9.75. The molecule has 2 N–H and O–H groups in total. The van der Waals surface area contributed by atoms with E-state index in [4.69, 9.17) is 16.3 Å². The number of amides is 1. The molecule has 0 aliphatic heterocycles. The fourth-order valence-corrected chi connectivity index (χ4v) is 6.75. The summed E-state index contributed by atoms with van der Waals surface area (Å²) < 4.78 is 31.5. The molecule has 1 amide bonds. The number of sulfone groups is 1. The van der Waals surface area contributed by atoms with Crippen LogP contribution in [0.1, 0.15) is 72.1 Å². The van der Waals surface area contributed by atoms with Gasteiger partial charge in [0.15, 0.2) is 15.6 Å². The van der Waals surface area contributed by atoms with E-state index in [1.54, 1.807) is 0 Å². The van der Waals surface area contributed by atoms with Crippen molar-refractivity contribution in [2.24, 2.45) is 5.92 Å². The van der Waals surface area contributed by atoms with Crippen LogP contribution in [0.2, 0.25) is 5.02 Å². The molecule has 7 nitrogen and oxygen atoms in total. The zero-order valence-corrected chi connectivity index (χ0v) is 24.9. The highest BCUT2D eigenvalue weighted by atomic mass is 35.5. The van der Waals surface area contributed by atoms with Gasteiger partial charge >= 0.3 is 0 Å². The molecule has 1 aliphatic carbocycles. The molecular weight excluding hydrogens is 548 g/mol. The monoisotopic (exact) mass is 586 g/mol. The number of benzene rings is 2. The number of ether oxygens (including phenoxy) is 1. The predicted octanol–water partition coefficient (Wildman–Crippen LogP) is 6.13. The van der Waals surface area contributed by atoms with Crippen LogP contribution in [0, 0.1) is 19.8 Å². The van der Waals surface area contributed by atoms with Crippen LogP contribution in [0.5, 0.6) is 5.75 Å². The summed E-state index contributed by atoms with van der Waals surface area (Å²) in [6.07, 6.45) is 7.27. The molecule has 1 fully saturated rings. The number of nitrogens with one attached hydrogen (secondary N) is 2. The smallest absolute Gasteiger partial charge is 0.220 e. The zero-order valence-electron chi connectivity index (χ0n) is 23.4. The first-order chi connectivity index (χ1) is 19.1. The Labute approximate surface area is 241 Å². The van der Waals surface area contributed by atoms with Gasteiger partial charge in [0.25, 0.3) is 0 Å². The van der Waals surface area contributed by atoms with Gasteiger partial charge in [0, 0.05) is 28.9 Å². The molecule has 1 aliphatic rings. The van der Waals surface area contributed by atoms with Gasteiger partial charge in [0.2, 0.25) is 5.91 Å². The van der Waals surface area contributed by atoms with Gasteiger partial charge in [-0.3, -0.25) is 9.59 Å². The van der Waals surface area contributed by atoms with E-state index in [1.807, 2.05) is 50.2 Å². The van der Waals surface area contributed by atoms with E-state index < -0.39 is 21.4 Å². The maximum Gasteiger partial charge on any atom is 0.220 e. The van der Waals surface area contributed by atoms with Crippen molar-refractivity contribution in [3.05, 3.63) is 63.8 Å². The molecule has 1 aromatic heterocycles. The van der Waals surface area contributed by atoms with Gasteiger partial charge in [0.05, 0.1) is 18.1 Å². The molecule has 0 spiro atoms. The largest absolute Gasteiger partial charge is 0.494 e.